The molecule has 0 bridgehead atoms. The molecule has 1 heterocycles. The van der Waals surface area contributed by atoms with Gasteiger partial charge in [0, 0.05) is 18.0 Å². The number of nitrogens with zero attached hydrogens (tertiary/aromatic N) is 1. The summed E-state index contributed by atoms with van der Waals surface area (Å²) in [4.78, 5) is 7.19. The molecule has 0 radical (unpaired) electrons. The lowest BCUT2D eigenvalue weighted by Crippen LogP contribution is -2.24. The number of rotatable bonds is 5. The van der Waals surface area contributed by atoms with Crippen molar-refractivity contribution in [1.29, 1.82) is 0 Å². The minimum absolute atomic E-state index is 0.238. The van der Waals surface area contributed by atoms with E-state index >= 15 is 0 Å². The summed E-state index contributed by atoms with van der Waals surface area (Å²) in [5.41, 5.74) is 0.520. The average Bonchev–Trinajstić information content (AvgIpc) is 2.90. The van der Waals surface area contributed by atoms with Gasteiger partial charge < -0.3 is 15.0 Å². The molecule has 0 saturated carbocycles. The predicted molar refractivity (Wildman–Crippen MR) is 67.1 cm³/mol. The summed E-state index contributed by atoms with van der Waals surface area (Å²) in [6.45, 7) is 2.68. The largest absolute Gasteiger partial charge is 0.494 e. The van der Waals surface area contributed by atoms with E-state index in [9.17, 15) is 4.39 Å². The van der Waals surface area contributed by atoms with Crippen LogP contribution in [0.25, 0.3) is 0 Å². The fraction of sp³-hybridized carbons (Fsp3) is 0.308. The number of hydrogen-bond acceptors (Lipinski definition) is 3. The molecule has 0 amide bonds. The van der Waals surface area contributed by atoms with Crippen molar-refractivity contribution in [3.63, 3.8) is 0 Å². The molecule has 2 aromatic rings. The van der Waals surface area contributed by atoms with Gasteiger partial charge in [-0.3, -0.25) is 0 Å². The van der Waals surface area contributed by atoms with Crippen LogP contribution in [-0.4, -0.2) is 23.6 Å². The highest BCUT2D eigenvalue weighted by atomic mass is 19.1. The van der Waals surface area contributed by atoms with Gasteiger partial charge in [0.15, 0.2) is 11.6 Å². The van der Waals surface area contributed by atoms with E-state index in [1.54, 1.807) is 30.6 Å². The van der Waals surface area contributed by atoms with Crippen LogP contribution in [0.3, 0.4) is 0 Å². The first-order valence-electron chi connectivity index (χ1n) is 5.83. The molecular formula is C13H16FN3O. The second-order valence-corrected chi connectivity index (χ2v) is 3.83. The smallest absolute Gasteiger partial charge is 0.170 e. The molecule has 0 fully saturated rings. The van der Waals surface area contributed by atoms with Gasteiger partial charge in [0.1, 0.15) is 5.82 Å². The number of aromatic nitrogens is 2. The molecule has 0 saturated heterocycles. The van der Waals surface area contributed by atoms with Crippen LogP contribution in [0, 0.1) is 5.82 Å². The van der Waals surface area contributed by atoms with Crippen LogP contribution in [0.15, 0.2) is 30.6 Å². The van der Waals surface area contributed by atoms with Gasteiger partial charge in [0.05, 0.1) is 13.2 Å². The molecule has 18 heavy (non-hydrogen) atoms. The first kappa shape index (κ1) is 12.6. The molecule has 4 nitrogen and oxygen atoms in total. The molecule has 1 unspecified atom stereocenters. The van der Waals surface area contributed by atoms with Crippen LogP contribution in [0.1, 0.15) is 24.4 Å². The minimum atomic E-state index is -0.359. The standard InChI is InChI=1S/C13H16FN3O/c1-3-15-12(13-16-7-8-17-13)9-5-4-6-10(18-2)11(9)14/h4-8,12,15H,3H2,1-2H3,(H,16,17). The summed E-state index contributed by atoms with van der Waals surface area (Å²) in [5.74, 6) is 0.563. The van der Waals surface area contributed by atoms with Gasteiger partial charge in [0.25, 0.3) is 0 Å². The van der Waals surface area contributed by atoms with Crippen LogP contribution in [0.5, 0.6) is 5.75 Å². The number of H-pyrrole nitrogens is 1. The minimum Gasteiger partial charge on any atom is -0.494 e. The Labute approximate surface area is 105 Å². The van der Waals surface area contributed by atoms with Crippen molar-refractivity contribution in [2.75, 3.05) is 13.7 Å². The molecule has 0 aliphatic rings. The van der Waals surface area contributed by atoms with E-state index in [4.69, 9.17) is 4.74 Å². The molecular weight excluding hydrogens is 233 g/mol. The quantitative estimate of drug-likeness (QED) is 0.854. The number of hydrogen-bond donors (Lipinski definition) is 2. The van der Waals surface area contributed by atoms with E-state index in [1.165, 1.54) is 7.11 Å². The number of imidazole rings is 1. The average molecular weight is 249 g/mol. The lowest BCUT2D eigenvalue weighted by Gasteiger charge is -2.17. The Kier molecular flexibility index (Phi) is 3.94. The molecule has 5 heteroatoms. The maximum absolute atomic E-state index is 14.2. The van der Waals surface area contributed by atoms with Gasteiger partial charge >= 0.3 is 0 Å². The summed E-state index contributed by atoms with van der Waals surface area (Å²) < 4.78 is 19.2. The van der Waals surface area contributed by atoms with E-state index in [0.717, 1.165) is 0 Å². The van der Waals surface area contributed by atoms with Crippen LogP contribution in [0.4, 0.5) is 4.39 Å². The van der Waals surface area contributed by atoms with Crippen molar-refractivity contribution in [2.45, 2.75) is 13.0 Å². The van der Waals surface area contributed by atoms with Crippen molar-refractivity contribution in [2.24, 2.45) is 0 Å². The monoisotopic (exact) mass is 249 g/mol. The molecule has 1 aromatic carbocycles. The molecule has 0 aliphatic heterocycles. The molecule has 0 spiro atoms. The van der Waals surface area contributed by atoms with Gasteiger partial charge in [-0.15, -0.1) is 0 Å². The number of methoxy groups -OCH3 is 1. The summed E-state index contributed by atoms with van der Waals surface area (Å²) in [6, 6.07) is 4.79. The van der Waals surface area contributed by atoms with Crippen molar-refractivity contribution in [3.05, 3.63) is 47.8 Å². The third kappa shape index (κ3) is 2.36. The fourth-order valence-electron chi connectivity index (χ4n) is 1.90. The maximum atomic E-state index is 14.2. The van der Waals surface area contributed by atoms with E-state index in [2.05, 4.69) is 15.3 Å². The van der Waals surface area contributed by atoms with Crippen molar-refractivity contribution >= 4 is 0 Å². The van der Waals surface area contributed by atoms with Crippen molar-refractivity contribution < 1.29 is 9.13 Å². The Morgan fingerprint density at radius 1 is 1.50 bits per heavy atom. The normalized spacial score (nSPS) is 12.4. The highest BCUT2D eigenvalue weighted by Crippen LogP contribution is 2.27. The van der Waals surface area contributed by atoms with Gasteiger partial charge in [0.2, 0.25) is 0 Å². The lowest BCUT2D eigenvalue weighted by molar-refractivity contribution is 0.381. The van der Waals surface area contributed by atoms with Gasteiger partial charge in [-0.05, 0) is 12.6 Å². The SMILES string of the molecule is CCNC(c1ncc[nH]1)c1cccc(OC)c1F. The van der Waals surface area contributed by atoms with Crippen LogP contribution in [0.2, 0.25) is 0 Å². The van der Waals surface area contributed by atoms with Gasteiger partial charge in [-0.1, -0.05) is 19.1 Å². The molecule has 2 N–H and O–H groups in total. The predicted octanol–water partition coefficient (Wildman–Crippen LogP) is 2.26. The number of benzene rings is 1. The Morgan fingerprint density at radius 3 is 2.94 bits per heavy atom. The first-order chi connectivity index (χ1) is 8.77. The fourth-order valence-corrected chi connectivity index (χ4v) is 1.90. The zero-order valence-corrected chi connectivity index (χ0v) is 10.4. The van der Waals surface area contributed by atoms with Crippen molar-refractivity contribution in [1.82, 2.24) is 15.3 Å². The summed E-state index contributed by atoms with van der Waals surface area (Å²) >= 11 is 0. The Balaban J connectivity index is 2.43. The van der Waals surface area contributed by atoms with E-state index in [1.807, 2.05) is 6.92 Å². The second kappa shape index (κ2) is 5.64. The second-order valence-electron chi connectivity index (χ2n) is 3.83. The highest BCUT2D eigenvalue weighted by molar-refractivity contribution is 5.35. The molecule has 1 atom stereocenters. The maximum Gasteiger partial charge on any atom is 0.170 e. The third-order valence-corrected chi connectivity index (χ3v) is 2.73. The van der Waals surface area contributed by atoms with E-state index in [-0.39, 0.29) is 17.6 Å². The van der Waals surface area contributed by atoms with Crippen LogP contribution >= 0.6 is 0 Å². The number of aromatic amines is 1. The van der Waals surface area contributed by atoms with Crippen molar-refractivity contribution in [3.8, 4) is 5.75 Å². The molecule has 2 rings (SSSR count). The van der Waals surface area contributed by atoms with E-state index < -0.39 is 0 Å². The zero-order valence-electron chi connectivity index (χ0n) is 10.4. The summed E-state index contributed by atoms with van der Waals surface area (Å²) in [5, 5.41) is 3.20. The summed E-state index contributed by atoms with van der Waals surface area (Å²) in [7, 11) is 1.46. The number of ether oxygens (including phenoxy) is 1. The number of halogens is 1. The van der Waals surface area contributed by atoms with Gasteiger partial charge in [-0.2, -0.15) is 0 Å². The highest BCUT2D eigenvalue weighted by Gasteiger charge is 2.21. The molecule has 0 aliphatic carbocycles. The third-order valence-electron chi connectivity index (χ3n) is 2.73. The Morgan fingerprint density at radius 2 is 2.33 bits per heavy atom. The van der Waals surface area contributed by atoms with Crippen LogP contribution in [-0.2, 0) is 0 Å². The lowest BCUT2D eigenvalue weighted by atomic mass is 10.0. The van der Waals surface area contributed by atoms with Crippen LogP contribution < -0.4 is 10.1 Å². The topological polar surface area (TPSA) is 49.9 Å². The zero-order chi connectivity index (χ0) is 13.0. The summed E-state index contributed by atoms with van der Waals surface area (Å²) in [6.07, 6.45) is 3.37. The molecule has 96 valence electrons. The number of nitrogens with one attached hydrogen (secondary N) is 2. The first-order valence-corrected chi connectivity index (χ1v) is 5.83. The molecule has 1 aromatic heterocycles. The van der Waals surface area contributed by atoms with Gasteiger partial charge in [-0.25, -0.2) is 9.37 Å². The Bertz CT molecular complexity index is 499. The van der Waals surface area contributed by atoms with E-state index in [0.29, 0.717) is 17.9 Å². The Hall–Kier alpha value is -1.88.